The van der Waals surface area contributed by atoms with Crippen molar-refractivity contribution in [3.05, 3.63) is 60.2 Å². The van der Waals surface area contributed by atoms with Crippen molar-refractivity contribution >= 4 is 45.5 Å². The molecule has 0 spiro atoms. The van der Waals surface area contributed by atoms with Crippen LogP contribution in [-0.2, 0) is 33.9 Å². The van der Waals surface area contributed by atoms with E-state index in [0.717, 1.165) is 7.11 Å². The number of anilines is 1. The Balaban J connectivity index is 1.36. The predicted molar refractivity (Wildman–Crippen MR) is 171 cm³/mol. The van der Waals surface area contributed by atoms with Gasteiger partial charge in [-0.2, -0.15) is 4.31 Å². The molecule has 4 N–H and O–H groups in total. The highest BCUT2D eigenvalue weighted by atomic mass is 32.2. The normalized spacial score (nSPS) is 20.0. The average molecular weight is 672 g/mol. The number of esters is 1. The highest BCUT2D eigenvalue weighted by Gasteiger charge is 2.51. The number of benzene rings is 2. The van der Waals surface area contributed by atoms with E-state index < -0.39 is 64.0 Å². The van der Waals surface area contributed by atoms with Crippen molar-refractivity contribution in [3.8, 4) is 0 Å². The minimum Gasteiger partial charge on any atom is -0.467 e. The molecule has 0 aromatic heterocycles. The number of fused-ring (bicyclic) bond motifs is 3. The molecule has 2 aromatic rings. The van der Waals surface area contributed by atoms with Gasteiger partial charge in [0.05, 0.1) is 18.6 Å². The van der Waals surface area contributed by atoms with Crippen LogP contribution in [0.15, 0.2) is 59.5 Å². The van der Waals surface area contributed by atoms with Crippen molar-refractivity contribution < 1.29 is 41.9 Å². The molecule has 2 saturated heterocycles. The summed E-state index contributed by atoms with van der Waals surface area (Å²) in [4.78, 5) is 63.7. The molecule has 1 aliphatic carbocycles. The zero-order valence-corrected chi connectivity index (χ0v) is 27.6. The van der Waals surface area contributed by atoms with Crippen molar-refractivity contribution in [2.24, 2.45) is 5.92 Å². The van der Waals surface area contributed by atoms with Gasteiger partial charge in [0.25, 0.3) is 5.91 Å². The Labute approximate surface area is 274 Å². The van der Waals surface area contributed by atoms with Crippen molar-refractivity contribution in [1.29, 1.82) is 0 Å². The molecule has 254 valence electrons. The Morgan fingerprint density at radius 2 is 1.62 bits per heavy atom. The molecule has 3 fully saturated rings. The van der Waals surface area contributed by atoms with Gasteiger partial charge < -0.3 is 25.4 Å². The van der Waals surface area contributed by atoms with Crippen molar-refractivity contribution in [2.75, 3.05) is 25.5 Å². The summed E-state index contributed by atoms with van der Waals surface area (Å²) in [5.74, 6) is -2.99. The number of sulfonamides is 1. The maximum Gasteiger partial charge on any atom is 0.412 e. The zero-order chi connectivity index (χ0) is 34.4. The van der Waals surface area contributed by atoms with Crippen LogP contribution in [0.3, 0.4) is 0 Å². The molecule has 3 aliphatic rings. The van der Waals surface area contributed by atoms with E-state index in [1.165, 1.54) is 28.6 Å². The van der Waals surface area contributed by atoms with E-state index in [2.05, 4.69) is 21.3 Å². The van der Waals surface area contributed by atoms with E-state index >= 15 is 0 Å². The van der Waals surface area contributed by atoms with Crippen molar-refractivity contribution in [3.63, 3.8) is 0 Å². The largest absolute Gasteiger partial charge is 0.467 e. The number of ether oxygens (including phenoxy) is 2. The first kappa shape index (κ1) is 35.4. The highest BCUT2D eigenvalue weighted by molar-refractivity contribution is 7.89. The zero-order valence-electron chi connectivity index (χ0n) is 26.8. The maximum atomic E-state index is 13.7. The molecule has 1 saturated carbocycles. The second-order valence-corrected chi connectivity index (χ2v) is 14.3. The molecular formula is C32H41N5O9S. The van der Waals surface area contributed by atoms with Crippen LogP contribution in [0, 0.1) is 5.92 Å². The van der Waals surface area contributed by atoms with E-state index in [1.807, 2.05) is 0 Å². The van der Waals surface area contributed by atoms with E-state index in [4.69, 9.17) is 9.47 Å². The molecule has 14 nitrogen and oxygen atoms in total. The topological polar surface area (TPSA) is 189 Å². The van der Waals surface area contributed by atoms with Gasteiger partial charge in [0.15, 0.2) is 0 Å². The minimum absolute atomic E-state index is 0.0789. The van der Waals surface area contributed by atoms with Crippen LogP contribution in [0.5, 0.6) is 0 Å². The summed E-state index contributed by atoms with van der Waals surface area (Å²) in [6.07, 6.45) is 1.91. The Morgan fingerprint density at radius 1 is 0.936 bits per heavy atom. The second kappa shape index (κ2) is 14.9. The first-order valence-corrected chi connectivity index (χ1v) is 16.8. The number of carbonyl (C=O) groups is 5. The molecule has 47 heavy (non-hydrogen) atoms. The molecule has 2 bridgehead atoms. The third kappa shape index (κ3) is 9.07. The summed E-state index contributed by atoms with van der Waals surface area (Å²) in [6, 6.07) is 11.2. The maximum absolute atomic E-state index is 13.7. The molecule has 15 heteroatoms. The lowest BCUT2D eigenvalue weighted by molar-refractivity contribution is -0.146. The van der Waals surface area contributed by atoms with Crippen LogP contribution >= 0.6 is 0 Å². The summed E-state index contributed by atoms with van der Waals surface area (Å²) >= 11 is 0. The van der Waals surface area contributed by atoms with Crippen LogP contribution in [0.1, 0.15) is 56.8 Å². The number of amides is 4. The molecule has 0 radical (unpaired) electrons. The summed E-state index contributed by atoms with van der Waals surface area (Å²) in [5, 5.41) is 10.1. The van der Waals surface area contributed by atoms with Crippen LogP contribution in [0.4, 0.5) is 10.5 Å². The number of methoxy groups -OCH3 is 1. The summed E-state index contributed by atoms with van der Waals surface area (Å²) in [7, 11) is -2.88. The molecule has 2 aliphatic heterocycles. The van der Waals surface area contributed by atoms with E-state index in [1.54, 1.807) is 51.1 Å². The van der Waals surface area contributed by atoms with Gasteiger partial charge in [-0.3, -0.25) is 19.7 Å². The van der Waals surface area contributed by atoms with Gasteiger partial charge >= 0.3 is 12.1 Å². The highest BCUT2D eigenvalue weighted by Crippen LogP contribution is 2.42. The predicted octanol–water partition coefficient (Wildman–Crippen LogP) is 2.17. The van der Waals surface area contributed by atoms with Gasteiger partial charge in [0, 0.05) is 23.8 Å². The van der Waals surface area contributed by atoms with Gasteiger partial charge in [-0.05, 0) is 82.7 Å². The number of carbonyl (C=O) groups excluding carboxylic acids is 5. The smallest absolute Gasteiger partial charge is 0.412 e. The van der Waals surface area contributed by atoms with Crippen LogP contribution in [-0.4, -0.2) is 86.4 Å². The SMILES string of the molecule is COC(=O)[C@@H](CNC(=O)CNC(=O)c1cccc(NC(=O)OC(C)(C)C)c1)NC(=O)C1C2CCC(CC2)N1S(=O)(=O)c1ccccc1. The summed E-state index contributed by atoms with van der Waals surface area (Å²) < 4.78 is 38.7. The molecule has 2 heterocycles. The molecule has 4 amide bonds. The standard InChI is InChI=1S/C32H41N5O9S/c1-32(2,3)46-31(42)35-22-10-8-9-21(17-22)28(39)34-19-26(38)33-18-25(30(41)45-4)36-29(40)27-20-13-15-23(16-14-20)37(27)47(43,44)24-11-6-5-7-12-24/h5-12,17,20,23,25,27H,13-16,18-19H2,1-4H3,(H,33,38)(H,34,39)(H,35,42)(H,36,40)/t20?,23?,25-,27?/m1/s1. The fourth-order valence-corrected chi connectivity index (χ4v) is 7.70. The van der Waals surface area contributed by atoms with Crippen LogP contribution in [0.25, 0.3) is 0 Å². The van der Waals surface area contributed by atoms with Crippen LogP contribution < -0.4 is 21.3 Å². The lowest BCUT2D eigenvalue weighted by atomic mass is 9.76. The third-order valence-corrected chi connectivity index (χ3v) is 9.84. The van der Waals surface area contributed by atoms with E-state index in [0.29, 0.717) is 31.4 Å². The monoisotopic (exact) mass is 671 g/mol. The first-order valence-electron chi connectivity index (χ1n) is 15.3. The number of nitrogens with zero attached hydrogens (tertiary/aromatic N) is 1. The second-order valence-electron chi connectivity index (χ2n) is 12.4. The Hall–Kier alpha value is -4.50. The van der Waals surface area contributed by atoms with Gasteiger partial charge in [-0.25, -0.2) is 18.0 Å². The van der Waals surface area contributed by atoms with Crippen LogP contribution in [0.2, 0.25) is 0 Å². The number of hydrogen-bond acceptors (Lipinski definition) is 9. The fraction of sp³-hybridized carbons (Fsp3) is 0.469. The lowest BCUT2D eigenvalue weighted by Gasteiger charge is -2.49. The Kier molecular flexibility index (Phi) is 11.2. The van der Waals surface area contributed by atoms with Gasteiger partial charge in [-0.15, -0.1) is 0 Å². The van der Waals surface area contributed by atoms with Gasteiger partial charge in [-0.1, -0.05) is 24.3 Å². The summed E-state index contributed by atoms with van der Waals surface area (Å²) in [5.41, 5.74) is -0.224. The molecule has 5 rings (SSSR count). The number of piperidine rings is 2. The average Bonchev–Trinajstić information content (AvgIpc) is 3.04. The quantitative estimate of drug-likeness (QED) is 0.260. The Morgan fingerprint density at radius 3 is 2.26 bits per heavy atom. The third-order valence-electron chi connectivity index (χ3n) is 7.89. The van der Waals surface area contributed by atoms with Crippen molar-refractivity contribution in [2.45, 2.75) is 75.1 Å². The Bertz CT molecular complexity index is 1590. The lowest BCUT2D eigenvalue weighted by Crippen LogP contribution is -2.64. The van der Waals surface area contributed by atoms with Gasteiger partial charge in [0.2, 0.25) is 21.8 Å². The fourth-order valence-electron chi connectivity index (χ4n) is 5.79. The van der Waals surface area contributed by atoms with E-state index in [-0.39, 0.29) is 29.0 Å². The van der Waals surface area contributed by atoms with Gasteiger partial charge in [0.1, 0.15) is 17.7 Å². The molecule has 1 unspecified atom stereocenters. The number of rotatable bonds is 11. The molecule has 2 aromatic carbocycles. The summed E-state index contributed by atoms with van der Waals surface area (Å²) in [6.45, 7) is 4.33. The van der Waals surface area contributed by atoms with Crippen molar-refractivity contribution in [1.82, 2.24) is 20.3 Å². The number of nitrogens with one attached hydrogen (secondary N) is 4. The first-order chi connectivity index (χ1) is 22.2. The van der Waals surface area contributed by atoms with E-state index in [9.17, 15) is 32.4 Å². The number of hydrogen-bond donors (Lipinski definition) is 4. The molecule has 2 atom stereocenters. The molecular weight excluding hydrogens is 630 g/mol. The minimum atomic E-state index is -4.01.